The van der Waals surface area contributed by atoms with E-state index >= 15 is 0 Å². The summed E-state index contributed by atoms with van der Waals surface area (Å²) in [5.41, 5.74) is 0.0292. The quantitative estimate of drug-likeness (QED) is 0.555. The molecule has 31 heavy (non-hydrogen) atoms. The van der Waals surface area contributed by atoms with E-state index in [0.29, 0.717) is 58.3 Å². The Kier molecular flexibility index (Phi) is 5.22. The zero-order chi connectivity index (χ0) is 21.8. The van der Waals surface area contributed by atoms with E-state index in [0.717, 1.165) is 25.0 Å². The molecule has 0 radical (unpaired) electrons. The van der Waals surface area contributed by atoms with Crippen LogP contribution in [-0.4, -0.2) is 62.8 Å². The van der Waals surface area contributed by atoms with Crippen LogP contribution in [0.3, 0.4) is 0 Å². The molecule has 0 spiro atoms. The number of β-amino-alcohol motifs (C(OH)–C–C–N with tert-alkyl or cyclic N) is 1. The summed E-state index contributed by atoms with van der Waals surface area (Å²) in [4.78, 5) is 11.9. The molecule has 3 N–H and O–H groups in total. The summed E-state index contributed by atoms with van der Waals surface area (Å²) < 4.78 is 17.7. The number of hydrogen-bond donors (Lipinski definition) is 3. The number of benzene rings is 1. The number of aryl methyl sites for hydroxylation is 1. The van der Waals surface area contributed by atoms with Gasteiger partial charge in [0, 0.05) is 6.42 Å². The third-order valence-corrected chi connectivity index (χ3v) is 8.30. The van der Waals surface area contributed by atoms with Gasteiger partial charge in [-0.2, -0.15) is 4.98 Å². The highest BCUT2D eigenvalue weighted by molar-refractivity contribution is 7.91. The van der Waals surface area contributed by atoms with Gasteiger partial charge < -0.3 is 29.7 Å². The number of nitrogens with zero attached hydrogens (tertiary/aromatic N) is 3. The zero-order valence-electron chi connectivity index (χ0n) is 17.2. The first-order valence-corrected chi connectivity index (χ1v) is 12.1. The molecule has 1 aliphatic carbocycles. The fourth-order valence-corrected chi connectivity index (χ4v) is 6.02. The highest BCUT2D eigenvalue weighted by Gasteiger charge is 2.46. The minimum atomic E-state index is -1.14. The SMILES string of the molecule is COc1ccc(C2(O)CN(c3nc4c(c(NC5(CO)CCC5)n3)[S@+]([O-])CC4)C2)cc1Cl. The van der Waals surface area contributed by atoms with Crippen LogP contribution in [-0.2, 0) is 23.2 Å². The number of methoxy groups -OCH3 is 1. The standard InChI is InChI=1S/C21H25ClN4O4S/c1-30-16-4-3-13(9-14(16)22)21(28)10-26(11-21)19-23-15-5-8-31(29)17(15)18(24-19)25-20(12-27)6-2-7-20/h3-4,9,27-28H,2,5-8,10-12H2,1H3,(H,23,24,25)/t31-/m1/s1. The average molecular weight is 465 g/mol. The lowest BCUT2D eigenvalue weighted by Gasteiger charge is -2.47. The molecule has 2 aromatic rings. The Labute approximate surface area is 188 Å². The zero-order valence-corrected chi connectivity index (χ0v) is 18.8. The second-order valence-corrected chi connectivity index (χ2v) is 10.5. The first kappa shape index (κ1) is 21.1. The number of fused-ring (bicyclic) bond motifs is 1. The number of hydrogen-bond acceptors (Lipinski definition) is 8. The van der Waals surface area contributed by atoms with E-state index in [9.17, 15) is 14.8 Å². The minimum absolute atomic E-state index is 0.00936. The van der Waals surface area contributed by atoms with Gasteiger partial charge in [0.1, 0.15) is 22.8 Å². The van der Waals surface area contributed by atoms with Crippen molar-refractivity contribution in [3.63, 3.8) is 0 Å². The van der Waals surface area contributed by atoms with Gasteiger partial charge in [-0.25, -0.2) is 4.98 Å². The van der Waals surface area contributed by atoms with Gasteiger partial charge in [-0.1, -0.05) is 17.7 Å². The summed E-state index contributed by atoms with van der Waals surface area (Å²) in [6, 6.07) is 5.27. The van der Waals surface area contributed by atoms with Crippen LogP contribution in [0, 0.1) is 0 Å². The smallest absolute Gasteiger partial charge is 0.228 e. The molecular weight excluding hydrogens is 440 g/mol. The van der Waals surface area contributed by atoms with E-state index in [1.54, 1.807) is 19.2 Å². The molecule has 3 heterocycles. The van der Waals surface area contributed by atoms with E-state index < -0.39 is 22.3 Å². The van der Waals surface area contributed by atoms with Gasteiger partial charge in [0.2, 0.25) is 10.8 Å². The molecule has 166 valence electrons. The fraction of sp³-hybridized carbons (Fsp3) is 0.524. The van der Waals surface area contributed by atoms with Crippen molar-refractivity contribution in [2.75, 3.05) is 42.8 Å². The number of nitrogens with one attached hydrogen (secondary N) is 1. The molecule has 1 atom stereocenters. The van der Waals surface area contributed by atoms with Crippen LogP contribution in [0.5, 0.6) is 5.75 Å². The van der Waals surface area contributed by atoms with E-state index in [-0.39, 0.29) is 6.61 Å². The molecule has 1 saturated carbocycles. The molecule has 1 aromatic carbocycles. The molecule has 1 saturated heterocycles. The Hall–Kier alpha value is -1.78. The molecule has 0 amide bonds. The van der Waals surface area contributed by atoms with Crippen molar-refractivity contribution in [1.82, 2.24) is 9.97 Å². The number of rotatable bonds is 6. The number of anilines is 2. The van der Waals surface area contributed by atoms with E-state index in [1.165, 1.54) is 0 Å². The third-order valence-electron chi connectivity index (χ3n) is 6.55. The lowest BCUT2D eigenvalue weighted by Crippen LogP contribution is -2.60. The molecule has 10 heteroatoms. The first-order chi connectivity index (χ1) is 14.9. The average Bonchev–Trinajstić information content (AvgIpc) is 3.09. The van der Waals surface area contributed by atoms with Crippen molar-refractivity contribution in [3.05, 3.63) is 34.5 Å². The van der Waals surface area contributed by atoms with Crippen LogP contribution in [0.4, 0.5) is 11.8 Å². The van der Waals surface area contributed by atoms with E-state index in [4.69, 9.17) is 16.3 Å². The lowest BCUT2D eigenvalue weighted by molar-refractivity contribution is 0.00647. The second-order valence-electron chi connectivity index (χ2n) is 8.60. The highest BCUT2D eigenvalue weighted by Crippen LogP contribution is 2.41. The Balaban J connectivity index is 1.40. The second kappa shape index (κ2) is 7.67. The molecule has 8 nitrogen and oxygen atoms in total. The van der Waals surface area contributed by atoms with Gasteiger partial charge in [-0.3, -0.25) is 0 Å². The topological polar surface area (TPSA) is 114 Å². The summed E-state index contributed by atoms with van der Waals surface area (Å²) in [5.74, 6) is 2.14. The van der Waals surface area contributed by atoms with Crippen LogP contribution in [0.25, 0.3) is 0 Å². The maximum Gasteiger partial charge on any atom is 0.228 e. The lowest BCUT2D eigenvalue weighted by atomic mass is 9.77. The summed E-state index contributed by atoms with van der Waals surface area (Å²) in [6.45, 7) is 0.652. The molecule has 0 unspecified atom stereocenters. The van der Waals surface area contributed by atoms with Crippen molar-refractivity contribution in [2.24, 2.45) is 0 Å². The van der Waals surface area contributed by atoms with Crippen LogP contribution < -0.4 is 15.0 Å². The Morgan fingerprint density at radius 1 is 1.32 bits per heavy atom. The van der Waals surface area contributed by atoms with E-state index in [2.05, 4.69) is 15.3 Å². The first-order valence-electron chi connectivity index (χ1n) is 10.4. The van der Waals surface area contributed by atoms with E-state index in [1.807, 2.05) is 11.0 Å². The van der Waals surface area contributed by atoms with Gasteiger partial charge in [0.15, 0.2) is 5.82 Å². The van der Waals surface area contributed by atoms with Crippen LogP contribution >= 0.6 is 11.6 Å². The number of aliphatic hydroxyl groups excluding tert-OH is 1. The van der Waals surface area contributed by atoms with Crippen molar-refractivity contribution < 1.29 is 19.5 Å². The molecule has 1 aromatic heterocycles. The van der Waals surface area contributed by atoms with Crippen LogP contribution in [0.2, 0.25) is 5.02 Å². The van der Waals surface area contributed by atoms with Gasteiger partial charge in [-0.05, 0) is 48.1 Å². The molecule has 2 fully saturated rings. The van der Waals surface area contributed by atoms with Crippen molar-refractivity contribution in [1.29, 1.82) is 0 Å². The van der Waals surface area contributed by atoms with Crippen LogP contribution in [0.1, 0.15) is 30.5 Å². The Morgan fingerprint density at radius 2 is 2.10 bits per heavy atom. The fourth-order valence-electron chi connectivity index (χ4n) is 4.45. The van der Waals surface area contributed by atoms with Crippen molar-refractivity contribution in [3.8, 4) is 5.75 Å². The molecule has 0 bridgehead atoms. The predicted octanol–water partition coefficient (Wildman–Crippen LogP) is 1.84. The molecule has 3 aliphatic rings. The molecule has 5 rings (SSSR count). The largest absolute Gasteiger partial charge is 0.611 e. The minimum Gasteiger partial charge on any atom is -0.611 e. The van der Waals surface area contributed by atoms with Gasteiger partial charge in [-0.15, -0.1) is 0 Å². The Bertz CT molecular complexity index is 1010. The summed E-state index contributed by atoms with van der Waals surface area (Å²) in [6.07, 6.45) is 3.38. The summed E-state index contributed by atoms with van der Waals surface area (Å²) >= 11 is 5.09. The summed E-state index contributed by atoms with van der Waals surface area (Å²) in [5, 5.41) is 24.8. The van der Waals surface area contributed by atoms with Crippen molar-refractivity contribution >= 4 is 34.5 Å². The highest BCUT2D eigenvalue weighted by atomic mass is 35.5. The number of halogens is 1. The normalized spacial score (nSPS) is 23.0. The number of ether oxygens (including phenoxy) is 1. The number of aromatic nitrogens is 2. The predicted molar refractivity (Wildman–Crippen MR) is 118 cm³/mol. The molecule has 2 aliphatic heterocycles. The van der Waals surface area contributed by atoms with Gasteiger partial charge in [0.05, 0.1) is 37.4 Å². The number of aliphatic hydroxyl groups is 2. The van der Waals surface area contributed by atoms with Gasteiger partial charge in [0.25, 0.3) is 0 Å². The van der Waals surface area contributed by atoms with Crippen molar-refractivity contribution in [2.45, 2.75) is 41.7 Å². The molecular formula is C21H25ClN4O4S. The third kappa shape index (κ3) is 3.52. The summed E-state index contributed by atoms with van der Waals surface area (Å²) in [7, 11) is 1.55. The maximum atomic E-state index is 12.6. The maximum absolute atomic E-state index is 12.6. The monoisotopic (exact) mass is 464 g/mol. The van der Waals surface area contributed by atoms with Gasteiger partial charge >= 0.3 is 0 Å². The Morgan fingerprint density at radius 3 is 2.71 bits per heavy atom. The van der Waals surface area contributed by atoms with Crippen LogP contribution in [0.15, 0.2) is 23.1 Å².